The number of ether oxygens (including phenoxy) is 3. The van der Waals surface area contributed by atoms with E-state index in [1.807, 2.05) is 0 Å². The van der Waals surface area contributed by atoms with E-state index in [0.717, 1.165) is 32.1 Å². The van der Waals surface area contributed by atoms with E-state index in [-0.39, 0.29) is 42.0 Å². The molecule has 1 aliphatic rings. The summed E-state index contributed by atoms with van der Waals surface area (Å²) in [6, 6.07) is 4.21. The number of carbonyl (C=O) groups is 3. The minimum atomic E-state index is -0.692. The zero-order valence-electron chi connectivity index (χ0n) is 13.4. The van der Waals surface area contributed by atoms with Crippen molar-refractivity contribution >= 4 is 18.4 Å². The number of benzene rings is 1. The van der Waals surface area contributed by atoms with E-state index < -0.39 is 5.97 Å². The monoisotopic (exact) mass is 332 g/mol. The van der Waals surface area contributed by atoms with Crippen LogP contribution in [0.3, 0.4) is 0 Å². The van der Waals surface area contributed by atoms with Crippen LogP contribution in [0.2, 0.25) is 0 Å². The first-order valence-corrected chi connectivity index (χ1v) is 7.89. The summed E-state index contributed by atoms with van der Waals surface area (Å²) in [5.41, 5.74) is 0.0119. The van der Waals surface area contributed by atoms with Gasteiger partial charge in [-0.1, -0.05) is 31.9 Å². The minimum absolute atomic E-state index is 0.0119. The Morgan fingerprint density at radius 1 is 1.21 bits per heavy atom. The largest absolute Gasteiger partial charge is 0.458 e. The molecule has 0 atom stereocenters. The molecule has 0 saturated heterocycles. The predicted octanol–water partition coefficient (Wildman–Crippen LogP) is 3.05. The van der Waals surface area contributed by atoms with Crippen LogP contribution in [0.5, 0.6) is 11.5 Å². The van der Waals surface area contributed by atoms with Crippen LogP contribution in [0.15, 0.2) is 30.9 Å². The molecule has 6 nitrogen and oxygen atoms in total. The van der Waals surface area contributed by atoms with Gasteiger partial charge in [-0.2, -0.15) is 0 Å². The fourth-order valence-corrected chi connectivity index (χ4v) is 2.64. The highest BCUT2D eigenvalue weighted by molar-refractivity contribution is 5.93. The van der Waals surface area contributed by atoms with E-state index in [0.29, 0.717) is 0 Å². The molecular formula is C18H20O6. The number of carbonyl (C=O) groups excluding carboxylic acids is 3. The average Bonchev–Trinajstić information content (AvgIpc) is 2.61. The zero-order valence-corrected chi connectivity index (χ0v) is 13.4. The van der Waals surface area contributed by atoms with Crippen LogP contribution in [-0.4, -0.2) is 25.0 Å². The summed E-state index contributed by atoms with van der Waals surface area (Å²) in [7, 11) is 0. The van der Waals surface area contributed by atoms with Crippen molar-refractivity contribution in [1.29, 1.82) is 0 Å². The third-order valence-corrected chi connectivity index (χ3v) is 3.84. The Morgan fingerprint density at radius 3 is 2.62 bits per heavy atom. The normalized spacial score (nSPS) is 14.5. The molecule has 0 unspecified atom stereocenters. The summed E-state index contributed by atoms with van der Waals surface area (Å²) in [5.74, 6) is -0.849. The second-order valence-corrected chi connectivity index (χ2v) is 5.52. The first-order valence-electron chi connectivity index (χ1n) is 7.89. The molecule has 1 aromatic rings. The Bertz CT molecular complexity index is 616. The standard InChI is InChI=1S/C18H20O6/c1-2-10-22-18(21)15-11-14(8-9-16(15)23-12-19)24-17(20)13-6-4-3-5-7-13/h2,8-9,11-13H,1,3-7,10H2. The summed E-state index contributed by atoms with van der Waals surface area (Å²) in [6.45, 7) is 3.69. The van der Waals surface area contributed by atoms with E-state index in [1.165, 1.54) is 24.3 Å². The van der Waals surface area contributed by atoms with Gasteiger partial charge in [0.2, 0.25) is 0 Å². The highest BCUT2D eigenvalue weighted by Crippen LogP contribution is 2.28. The molecule has 0 radical (unpaired) electrons. The lowest BCUT2D eigenvalue weighted by Crippen LogP contribution is -2.22. The Labute approximate surface area is 140 Å². The van der Waals surface area contributed by atoms with Gasteiger partial charge >= 0.3 is 11.9 Å². The van der Waals surface area contributed by atoms with Crippen molar-refractivity contribution in [3.63, 3.8) is 0 Å². The molecule has 2 rings (SSSR count). The topological polar surface area (TPSA) is 78.9 Å². The lowest BCUT2D eigenvalue weighted by molar-refractivity contribution is -0.140. The molecule has 0 aromatic heterocycles. The van der Waals surface area contributed by atoms with Gasteiger partial charge in [0.15, 0.2) is 0 Å². The molecule has 1 saturated carbocycles. The first kappa shape index (κ1) is 17.7. The summed E-state index contributed by atoms with van der Waals surface area (Å²) in [4.78, 5) is 34.8. The second kappa shape index (κ2) is 8.86. The van der Waals surface area contributed by atoms with Crippen molar-refractivity contribution in [3.05, 3.63) is 36.4 Å². The molecule has 0 spiro atoms. The fraction of sp³-hybridized carbons (Fsp3) is 0.389. The van der Waals surface area contributed by atoms with Gasteiger partial charge in [-0.05, 0) is 31.0 Å². The van der Waals surface area contributed by atoms with Gasteiger partial charge in [-0.25, -0.2) is 4.79 Å². The summed E-state index contributed by atoms with van der Waals surface area (Å²) < 4.78 is 15.1. The van der Waals surface area contributed by atoms with Gasteiger partial charge in [0.1, 0.15) is 23.7 Å². The average molecular weight is 332 g/mol. The van der Waals surface area contributed by atoms with Crippen molar-refractivity contribution < 1.29 is 28.6 Å². The van der Waals surface area contributed by atoms with Gasteiger partial charge < -0.3 is 14.2 Å². The Kier molecular flexibility index (Phi) is 6.54. The predicted molar refractivity (Wildman–Crippen MR) is 85.8 cm³/mol. The summed E-state index contributed by atoms with van der Waals surface area (Å²) in [5, 5.41) is 0. The SMILES string of the molecule is C=CCOC(=O)c1cc(OC(=O)C2CCCCC2)ccc1OC=O. The fourth-order valence-electron chi connectivity index (χ4n) is 2.64. The van der Waals surface area contributed by atoms with Gasteiger partial charge in [-0.3, -0.25) is 9.59 Å². The zero-order chi connectivity index (χ0) is 17.4. The van der Waals surface area contributed by atoms with Crippen LogP contribution in [0.25, 0.3) is 0 Å². The van der Waals surface area contributed by atoms with Crippen LogP contribution >= 0.6 is 0 Å². The highest BCUT2D eigenvalue weighted by atomic mass is 16.5. The van der Waals surface area contributed by atoms with Crippen molar-refractivity contribution in [2.45, 2.75) is 32.1 Å². The van der Waals surface area contributed by atoms with Gasteiger partial charge in [0.25, 0.3) is 6.47 Å². The van der Waals surface area contributed by atoms with E-state index in [1.54, 1.807) is 0 Å². The minimum Gasteiger partial charge on any atom is -0.458 e. The highest BCUT2D eigenvalue weighted by Gasteiger charge is 2.24. The first-order chi connectivity index (χ1) is 11.7. The van der Waals surface area contributed by atoms with Crippen LogP contribution in [-0.2, 0) is 14.3 Å². The molecule has 128 valence electrons. The van der Waals surface area contributed by atoms with Crippen molar-refractivity contribution in [1.82, 2.24) is 0 Å². The number of rotatable bonds is 7. The van der Waals surface area contributed by atoms with E-state index >= 15 is 0 Å². The lowest BCUT2D eigenvalue weighted by atomic mass is 9.89. The molecule has 1 aromatic carbocycles. The molecule has 0 heterocycles. The molecule has 24 heavy (non-hydrogen) atoms. The molecule has 1 aliphatic carbocycles. The third kappa shape index (κ3) is 4.68. The van der Waals surface area contributed by atoms with Crippen molar-refractivity contribution in [2.75, 3.05) is 6.61 Å². The number of hydrogen-bond acceptors (Lipinski definition) is 6. The van der Waals surface area contributed by atoms with E-state index in [4.69, 9.17) is 14.2 Å². The molecule has 0 N–H and O–H groups in total. The summed E-state index contributed by atoms with van der Waals surface area (Å²) >= 11 is 0. The molecule has 0 amide bonds. The quantitative estimate of drug-likeness (QED) is 0.330. The van der Waals surface area contributed by atoms with Crippen LogP contribution in [0.1, 0.15) is 42.5 Å². The van der Waals surface area contributed by atoms with Gasteiger partial charge in [-0.15, -0.1) is 0 Å². The second-order valence-electron chi connectivity index (χ2n) is 5.52. The number of hydrogen-bond donors (Lipinski definition) is 0. The van der Waals surface area contributed by atoms with Gasteiger partial charge in [0.05, 0.1) is 5.92 Å². The molecule has 1 fully saturated rings. The molecular weight excluding hydrogens is 312 g/mol. The Hall–Kier alpha value is -2.63. The maximum Gasteiger partial charge on any atom is 0.342 e. The maximum atomic E-state index is 12.2. The Balaban J connectivity index is 2.14. The molecule has 6 heteroatoms. The van der Waals surface area contributed by atoms with Crippen LogP contribution in [0, 0.1) is 5.92 Å². The summed E-state index contributed by atoms with van der Waals surface area (Å²) in [6.07, 6.45) is 6.24. The van der Waals surface area contributed by atoms with Crippen molar-refractivity contribution in [2.24, 2.45) is 5.92 Å². The van der Waals surface area contributed by atoms with E-state index in [2.05, 4.69) is 6.58 Å². The Morgan fingerprint density at radius 2 is 1.96 bits per heavy atom. The van der Waals surface area contributed by atoms with Crippen molar-refractivity contribution in [3.8, 4) is 11.5 Å². The number of esters is 2. The van der Waals surface area contributed by atoms with E-state index in [9.17, 15) is 14.4 Å². The van der Waals surface area contributed by atoms with Crippen LogP contribution in [0.4, 0.5) is 0 Å². The van der Waals surface area contributed by atoms with Crippen LogP contribution < -0.4 is 9.47 Å². The molecule has 0 aliphatic heterocycles. The third-order valence-electron chi connectivity index (χ3n) is 3.84. The maximum absolute atomic E-state index is 12.2. The molecule has 0 bridgehead atoms. The lowest BCUT2D eigenvalue weighted by Gasteiger charge is -2.20. The van der Waals surface area contributed by atoms with Gasteiger partial charge in [0, 0.05) is 0 Å². The smallest absolute Gasteiger partial charge is 0.342 e.